The van der Waals surface area contributed by atoms with E-state index in [2.05, 4.69) is 213 Å². The van der Waals surface area contributed by atoms with Crippen LogP contribution in [-0.2, 0) is 6.42 Å². The molecule has 0 N–H and O–H groups in total. The first kappa shape index (κ1) is 33.6. The molecule has 2 heteroatoms. The maximum atomic E-state index is 2.43. The van der Waals surface area contributed by atoms with Crippen molar-refractivity contribution >= 4 is 34.1 Å². The predicted molar refractivity (Wildman–Crippen MR) is 218 cm³/mol. The van der Waals surface area contributed by atoms with Crippen LogP contribution in [0, 0.1) is 27.7 Å². The molecule has 51 heavy (non-hydrogen) atoms. The molecule has 252 valence electrons. The van der Waals surface area contributed by atoms with E-state index in [1.54, 1.807) is 0 Å². The summed E-state index contributed by atoms with van der Waals surface area (Å²) in [5, 5.41) is 0. The molecule has 0 fully saturated rings. The Hall–Kier alpha value is -5.86. The fourth-order valence-electron chi connectivity index (χ4n) is 7.04. The van der Waals surface area contributed by atoms with Crippen LogP contribution in [0.1, 0.15) is 51.3 Å². The van der Waals surface area contributed by atoms with Gasteiger partial charge in [-0.15, -0.1) is 0 Å². The van der Waals surface area contributed by atoms with Gasteiger partial charge in [-0.2, -0.15) is 0 Å². The van der Waals surface area contributed by atoms with Gasteiger partial charge in [-0.3, -0.25) is 0 Å². The van der Waals surface area contributed by atoms with Crippen LogP contribution < -0.4 is 9.80 Å². The lowest BCUT2D eigenvalue weighted by molar-refractivity contribution is 0.715. The van der Waals surface area contributed by atoms with Crippen LogP contribution in [0.5, 0.6) is 0 Å². The van der Waals surface area contributed by atoms with Crippen LogP contribution in [0.2, 0.25) is 0 Å². The third kappa shape index (κ3) is 7.66. The molecule has 2 nitrogen and oxygen atoms in total. The molecule has 0 unspecified atom stereocenters. The molecule has 0 aromatic heterocycles. The van der Waals surface area contributed by atoms with Crippen LogP contribution in [0.3, 0.4) is 0 Å². The van der Waals surface area contributed by atoms with Crippen LogP contribution >= 0.6 is 0 Å². The minimum Gasteiger partial charge on any atom is -0.310 e. The monoisotopic (exact) mass is 662 g/mol. The van der Waals surface area contributed by atoms with Gasteiger partial charge in [0.2, 0.25) is 0 Å². The average molecular weight is 663 g/mol. The smallest absolute Gasteiger partial charge is 0.0499 e. The van der Waals surface area contributed by atoms with E-state index in [0.717, 1.165) is 35.6 Å². The summed E-state index contributed by atoms with van der Waals surface area (Å²) in [5.74, 6) is 0.0920. The fourth-order valence-corrected chi connectivity index (χ4v) is 7.04. The second kappa shape index (κ2) is 15.4. The summed E-state index contributed by atoms with van der Waals surface area (Å²) < 4.78 is 0. The van der Waals surface area contributed by atoms with Crippen molar-refractivity contribution in [1.29, 1.82) is 0 Å². The van der Waals surface area contributed by atoms with Crippen LogP contribution in [0.15, 0.2) is 176 Å². The zero-order chi connectivity index (χ0) is 35.2. The number of hydrogen-bond acceptors (Lipinski definition) is 2. The second-order valence-electron chi connectivity index (χ2n) is 13.7. The number of para-hydroxylation sites is 2. The largest absolute Gasteiger partial charge is 0.310 e. The highest BCUT2D eigenvalue weighted by Crippen LogP contribution is 2.47. The van der Waals surface area contributed by atoms with E-state index < -0.39 is 0 Å². The van der Waals surface area contributed by atoms with Gasteiger partial charge in [-0.1, -0.05) is 138 Å². The van der Waals surface area contributed by atoms with Crippen molar-refractivity contribution in [1.82, 2.24) is 0 Å². The van der Waals surface area contributed by atoms with Crippen LogP contribution in [0.4, 0.5) is 34.1 Å². The standard InChI is InChI=1S/C49H46N2/c1-36-18-27-41(28-19-36)50(42-29-20-37(2)21-30-42)48-16-10-8-14-46(48)45(35-26-40-12-6-5-7-13-40)47-15-9-11-17-49(47)51(43-31-22-38(3)23-32-43)44-33-24-39(4)25-34-44/h5-25,27-34,45H,26,35H2,1-4H3. The highest BCUT2D eigenvalue weighted by atomic mass is 15.2. The Bertz CT molecular complexity index is 1940. The minimum absolute atomic E-state index is 0.0920. The summed E-state index contributed by atoms with van der Waals surface area (Å²) in [6, 6.07) is 64.6. The molecule has 0 aliphatic rings. The molecule has 7 rings (SSSR count). The molecule has 0 bridgehead atoms. The summed E-state index contributed by atoms with van der Waals surface area (Å²) in [4.78, 5) is 4.87. The first-order valence-electron chi connectivity index (χ1n) is 18.0. The van der Waals surface area contributed by atoms with Gasteiger partial charge in [0, 0.05) is 40.0 Å². The molecule has 0 radical (unpaired) electrons. The van der Waals surface area contributed by atoms with E-state index in [0.29, 0.717) is 0 Å². The zero-order valence-electron chi connectivity index (χ0n) is 30.1. The number of nitrogens with zero attached hydrogens (tertiary/aromatic N) is 2. The number of rotatable bonds is 11. The molecule has 0 atom stereocenters. The average Bonchev–Trinajstić information content (AvgIpc) is 3.16. The molecule has 0 saturated carbocycles. The molecule has 0 spiro atoms. The van der Waals surface area contributed by atoms with E-state index in [4.69, 9.17) is 0 Å². The molecular formula is C49H46N2. The third-order valence-corrected chi connectivity index (χ3v) is 9.84. The van der Waals surface area contributed by atoms with Crippen molar-refractivity contribution in [2.45, 2.75) is 46.5 Å². The van der Waals surface area contributed by atoms with Crippen LogP contribution in [0.25, 0.3) is 0 Å². The second-order valence-corrected chi connectivity index (χ2v) is 13.7. The number of hydrogen-bond donors (Lipinski definition) is 0. The van der Waals surface area contributed by atoms with Gasteiger partial charge in [-0.05, 0) is 118 Å². The normalized spacial score (nSPS) is 11.1. The highest BCUT2D eigenvalue weighted by Gasteiger charge is 2.27. The summed E-state index contributed by atoms with van der Waals surface area (Å²) >= 11 is 0. The maximum absolute atomic E-state index is 2.43. The lowest BCUT2D eigenvalue weighted by atomic mass is 9.83. The Morgan fingerprint density at radius 3 is 1.02 bits per heavy atom. The van der Waals surface area contributed by atoms with Crippen LogP contribution in [-0.4, -0.2) is 0 Å². The first-order chi connectivity index (χ1) is 24.9. The molecule has 0 heterocycles. The molecular weight excluding hydrogens is 617 g/mol. The quantitative estimate of drug-likeness (QED) is 0.136. The molecule has 7 aromatic rings. The Kier molecular flexibility index (Phi) is 10.1. The van der Waals surface area contributed by atoms with Gasteiger partial charge >= 0.3 is 0 Å². The number of benzene rings is 7. The van der Waals surface area contributed by atoms with Gasteiger partial charge in [0.25, 0.3) is 0 Å². The van der Waals surface area contributed by atoms with Gasteiger partial charge in [0.15, 0.2) is 0 Å². The fraction of sp³-hybridized carbons (Fsp3) is 0.143. The van der Waals surface area contributed by atoms with E-state index in [9.17, 15) is 0 Å². The van der Waals surface area contributed by atoms with E-state index >= 15 is 0 Å². The topological polar surface area (TPSA) is 6.48 Å². The summed E-state index contributed by atoms with van der Waals surface area (Å²) in [6.45, 7) is 8.60. The summed E-state index contributed by atoms with van der Waals surface area (Å²) in [6.07, 6.45) is 1.90. The van der Waals surface area contributed by atoms with Crippen molar-refractivity contribution in [3.63, 3.8) is 0 Å². The Morgan fingerprint density at radius 2 is 0.667 bits per heavy atom. The number of anilines is 6. The van der Waals surface area contributed by atoms with E-state index in [1.807, 2.05) is 0 Å². The number of aryl methyl sites for hydroxylation is 5. The maximum Gasteiger partial charge on any atom is 0.0499 e. The van der Waals surface area contributed by atoms with Crippen molar-refractivity contribution in [3.05, 3.63) is 215 Å². The van der Waals surface area contributed by atoms with Gasteiger partial charge in [-0.25, -0.2) is 0 Å². The molecule has 0 aliphatic heterocycles. The first-order valence-corrected chi connectivity index (χ1v) is 18.0. The van der Waals surface area contributed by atoms with E-state index in [-0.39, 0.29) is 5.92 Å². The van der Waals surface area contributed by atoms with Gasteiger partial charge in [0.1, 0.15) is 0 Å². The third-order valence-electron chi connectivity index (χ3n) is 9.84. The summed E-state index contributed by atoms with van der Waals surface area (Å²) in [7, 11) is 0. The molecule has 7 aromatic carbocycles. The van der Waals surface area contributed by atoms with Crippen molar-refractivity contribution in [3.8, 4) is 0 Å². The van der Waals surface area contributed by atoms with Gasteiger partial charge < -0.3 is 9.80 Å². The Labute approximate surface area is 304 Å². The lowest BCUT2D eigenvalue weighted by Gasteiger charge is -2.33. The lowest BCUT2D eigenvalue weighted by Crippen LogP contribution is -2.17. The van der Waals surface area contributed by atoms with Gasteiger partial charge in [0.05, 0.1) is 0 Å². The highest BCUT2D eigenvalue weighted by molar-refractivity contribution is 5.82. The van der Waals surface area contributed by atoms with Crippen molar-refractivity contribution < 1.29 is 0 Å². The summed E-state index contributed by atoms with van der Waals surface area (Å²) in [5.41, 5.74) is 15.9. The Morgan fingerprint density at radius 1 is 0.353 bits per heavy atom. The SMILES string of the molecule is Cc1ccc(N(c2ccc(C)cc2)c2ccccc2C(CCc2ccccc2)c2ccccc2N(c2ccc(C)cc2)c2ccc(C)cc2)cc1. The Balaban J connectivity index is 1.44. The minimum atomic E-state index is 0.0920. The predicted octanol–water partition coefficient (Wildman–Crippen LogP) is 13.6. The zero-order valence-corrected chi connectivity index (χ0v) is 30.1. The van der Waals surface area contributed by atoms with Crippen molar-refractivity contribution in [2.24, 2.45) is 0 Å². The van der Waals surface area contributed by atoms with E-state index in [1.165, 1.54) is 50.3 Å². The molecule has 0 saturated heterocycles. The molecule has 0 amide bonds. The molecule has 0 aliphatic carbocycles. The van der Waals surface area contributed by atoms with Crippen molar-refractivity contribution in [2.75, 3.05) is 9.80 Å².